The van der Waals surface area contributed by atoms with Crippen LogP contribution in [0.15, 0.2) is 42.5 Å². The van der Waals surface area contributed by atoms with Gasteiger partial charge in [-0.1, -0.05) is 53.5 Å². The molecule has 3 rings (SSSR count). The molecule has 0 spiro atoms. The fourth-order valence-electron chi connectivity index (χ4n) is 3.35. The molecule has 0 bridgehead atoms. The van der Waals surface area contributed by atoms with E-state index in [1.165, 1.54) is 0 Å². The number of benzene rings is 2. The van der Waals surface area contributed by atoms with Crippen LogP contribution in [0.2, 0.25) is 10.0 Å². The maximum Gasteiger partial charge on any atom is 0.339 e. The first-order valence-electron chi connectivity index (χ1n) is 9.21. The van der Waals surface area contributed by atoms with E-state index in [1.54, 1.807) is 17.4 Å². The van der Waals surface area contributed by atoms with Crippen molar-refractivity contribution in [3.63, 3.8) is 0 Å². The van der Waals surface area contributed by atoms with Crippen molar-refractivity contribution in [2.24, 2.45) is 0 Å². The maximum atomic E-state index is 13.8. The zero-order chi connectivity index (χ0) is 20.3. The topological polar surface area (TPSA) is 35.5 Å². The third-order valence-electron chi connectivity index (χ3n) is 4.63. The fourth-order valence-corrected chi connectivity index (χ4v) is 7.55. The Hall–Kier alpha value is -0.870. The molecule has 0 amide bonds. The minimum absolute atomic E-state index is 0.307. The van der Waals surface area contributed by atoms with Crippen molar-refractivity contribution in [3.8, 4) is 0 Å². The molecule has 0 saturated heterocycles. The van der Waals surface area contributed by atoms with E-state index in [2.05, 4.69) is 19.1 Å². The van der Waals surface area contributed by atoms with Crippen LogP contribution in [0.1, 0.15) is 35.5 Å². The van der Waals surface area contributed by atoms with Gasteiger partial charge in [-0.05, 0) is 55.8 Å². The lowest BCUT2D eigenvalue weighted by molar-refractivity contribution is 0.212. The van der Waals surface area contributed by atoms with Crippen LogP contribution >= 0.6 is 42.1 Å². The first kappa shape index (κ1) is 21.8. The van der Waals surface area contributed by atoms with Gasteiger partial charge in [-0.15, -0.1) is 11.3 Å². The second kappa shape index (κ2) is 9.30. The number of hydrogen-bond donors (Lipinski definition) is 0. The molecule has 1 atom stereocenters. The van der Waals surface area contributed by atoms with Crippen molar-refractivity contribution < 1.29 is 13.6 Å². The predicted molar refractivity (Wildman–Crippen MR) is 120 cm³/mol. The third-order valence-corrected chi connectivity index (χ3v) is 9.49. The van der Waals surface area contributed by atoms with Gasteiger partial charge in [0, 0.05) is 9.58 Å². The van der Waals surface area contributed by atoms with Crippen LogP contribution in [0.3, 0.4) is 0 Å². The summed E-state index contributed by atoms with van der Waals surface area (Å²) in [5.41, 5.74) is 1.47. The van der Waals surface area contributed by atoms with E-state index in [-0.39, 0.29) is 0 Å². The van der Waals surface area contributed by atoms with Gasteiger partial charge in [-0.3, -0.25) is 4.57 Å². The highest BCUT2D eigenvalue weighted by Gasteiger charge is 2.39. The van der Waals surface area contributed by atoms with Crippen LogP contribution in [0, 0.1) is 6.92 Å². The van der Waals surface area contributed by atoms with Crippen LogP contribution in [0.25, 0.3) is 10.1 Å². The molecule has 1 unspecified atom stereocenters. The monoisotopic (exact) mass is 456 g/mol. The second-order valence-electron chi connectivity index (χ2n) is 6.40. The van der Waals surface area contributed by atoms with E-state index in [1.807, 2.05) is 38.1 Å². The summed E-state index contributed by atoms with van der Waals surface area (Å²) in [6.07, 6.45) is 0.421. The van der Waals surface area contributed by atoms with Gasteiger partial charge in [0.2, 0.25) is 0 Å². The minimum atomic E-state index is -3.43. The molecule has 1 aromatic heterocycles. The first-order chi connectivity index (χ1) is 13.4. The van der Waals surface area contributed by atoms with E-state index in [0.717, 1.165) is 26.1 Å². The highest BCUT2D eigenvalue weighted by molar-refractivity contribution is 7.54. The molecule has 150 valence electrons. The van der Waals surface area contributed by atoms with Crippen molar-refractivity contribution >= 4 is 52.2 Å². The minimum Gasteiger partial charge on any atom is -0.308 e. The summed E-state index contributed by atoms with van der Waals surface area (Å²) in [6.45, 7) is 6.32. The van der Waals surface area contributed by atoms with Crippen molar-refractivity contribution in [1.82, 2.24) is 0 Å². The Morgan fingerprint density at radius 2 is 1.71 bits per heavy atom. The molecular weight excluding hydrogens is 434 g/mol. The van der Waals surface area contributed by atoms with Gasteiger partial charge in [0.25, 0.3) is 0 Å². The van der Waals surface area contributed by atoms with Gasteiger partial charge in [-0.25, -0.2) is 0 Å². The Bertz CT molecular complexity index is 1010. The number of aryl methyl sites for hydroxylation is 1. The first-order valence-corrected chi connectivity index (χ1v) is 12.4. The van der Waals surface area contributed by atoms with Crippen molar-refractivity contribution in [3.05, 3.63) is 68.5 Å². The number of fused-ring (bicyclic) bond motifs is 1. The maximum absolute atomic E-state index is 13.8. The van der Waals surface area contributed by atoms with E-state index in [9.17, 15) is 4.57 Å². The van der Waals surface area contributed by atoms with E-state index < -0.39 is 13.3 Å². The Morgan fingerprint density at radius 1 is 1.04 bits per heavy atom. The lowest BCUT2D eigenvalue weighted by Crippen LogP contribution is -2.10. The van der Waals surface area contributed by atoms with E-state index in [4.69, 9.17) is 32.2 Å². The molecule has 0 aliphatic heterocycles. The molecule has 3 aromatic rings. The molecule has 0 fully saturated rings. The fraction of sp³-hybridized carbons (Fsp3) is 0.333. The van der Waals surface area contributed by atoms with Crippen LogP contribution < -0.4 is 0 Å². The smallest absolute Gasteiger partial charge is 0.308 e. The Balaban J connectivity index is 2.16. The lowest BCUT2D eigenvalue weighted by atomic mass is 10.1. The summed E-state index contributed by atoms with van der Waals surface area (Å²) in [7, 11) is -3.43. The Labute approximate surface area is 180 Å². The largest absolute Gasteiger partial charge is 0.339 e. The number of thiophene rings is 1. The van der Waals surface area contributed by atoms with Gasteiger partial charge in [-0.2, -0.15) is 0 Å². The second-order valence-corrected chi connectivity index (χ2v) is 10.5. The molecule has 1 heterocycles. The highest BCUT2D eigenvalue weighted by atomic mass is 35.5. The van der Waals surface area contributed by atoms with Gasteiger partial charge in [0.15, 0.2) is 0 Å². The van der Waals surface area contributed by atoms with Crippen LogP contribution in [0.4, 0.5) is 0 Å². The van der Waals surface area contributed by atoms with Crippen molar-refractivity contribution in [2.45, 2.75) is 32.9 Å². The average molecular weight is 457 g/mol. The van der Waals surface area contributed by atoms with Gasteiger partial charge in [0.1, 0.15) is 0 Å². The molecular formula is C21H23Cl2O3PS. The van der Waals surface area contributed by atoms with Crippen LogP contribution in [-0.2, 0) is 20.0 Å². The molecule has 0 aliphatic carbocycles. The Kier molecular flexibility index (Phi) is 7.25. The summed E-state index contributed by atoms with van der Waals surface area (Å²) >= 11 is 14.3. The summed E-state index contributed by atoms with van der Waals surface area (Å²) in [4.78, 5) is 1.00. The SMILES string of the molecule is CCOP(=O)(OCC)C(Cc1cccc(Cl)c1Cl)c1sc2ccccc2c1C. The highest BCUT2D eigenvalue weighted by Crippen LogP contribution is 2.64. The number of hydrogen-bond acceptors (Lipinski definition) is 4. The molecule has 7 heteroatoms. The van der Waals surface area contributed by atoms with Crippen molar-refractivity contribution in [1.29, 1.82) is 0 Å². The molecule has 2 aromatic carbocycles. The average Bonchev–Trinajstić information content (AvgIpc) is 3.00. The summed E-state index contributed by atoms with van der Waals surface area (Å²) < 4.78 is 26.5. The molecule has 0 saturated carbocycles. The van der Waals surface area contributed by atoms with E-state index in [0.29, 0.717) is 29.7 Å². The Morgan fingerprint density at radius 3 is 2.36 bits per heavy atom. The summed E-state index contributed by atoms with van der Waals surface area (Å²) in [6, 6.07) is 13.7. The quantitative estimate of drug-likeness (QED) is 0.321. The normalized spacial score (nSPS) is 13.2. The molecule has 3 nitrogen and oxygen atoms in total. The standard InChI is InChI=1S/C21H23Cl2O3PS/c1-4-25-27(24,26-5-2)18(13-15-9-8-11-17(22)20(15)23)21-14(3)16-10-6-7-12-19(16)28-21/h6-12,18H,4-5,13H2,1-3H3. The van der Waals surface area contributed by atoms with Gasteiger partial charge < -0.3 is 9.05 Å². The zero-order valence-corrected chi connectivity index (χ0v) is 19.3. The van der Waals surface area contributed by atoms with Gasteiger partial charge in [0.05, 0.1) is 28.9 Å². The van der Waals surface area contributed by atoms with E-state index >= 15 is 0 Å². The van der Waals surface area contributed by atoms with Crippen molar-refractivity contribution in [2.75, 3.05) is 13.2 Å². The predicted octanol–water partition coefficient (Wildman–Crippen LogP) is 8.07. The van der Waals surface area contributed by atoms with Crippen LogP contribution in [-0.4, -0.2) is 13.2 Å². The molecule has 0 radical (unpaired) electrons. The molecule has 0 N–H and O–H groups in total. The third kappa shape index (κ3) is 4.33. The van der Waals surface area contributed by atoms with Crippen LogP contribution in [0.5, 0.6) is 0 Å². The zero-order valence-electron chi connectivity index (χ0n) is 16.1. The summed E-state index contributed by atoms with van der Waals surface area (Å²) in [5.74, 6) is 0. The molecule has 0 aliphatic rings. The number of rotatable bonds is 8. The van der Waals surface area contributed by atoms with Gasteiger partial charge >= 0.3 is 7.60 Å². The molecule has 28 heavy (non-hydrogen) atoms. The summed E-state index contributed by atoms with van der Waals surface area (Å²) in [5, 5.41) is 2.12. The lowest BCUT2D eigenvalue weighted by Gasteiger charge is -2.27. The number of halogens is 2.